The molecule has 0 fully saturated rings. The fourth-order valence-electron chi connectivity index (χ4n) is 6.01. The zero-order chi connectivity index (χ0) is 53.2. The van der Waals surface area contributed by atoms with E-state index in [9.17, 15) is 77.8 Å². The van der Waals surface area contributed by atoms with Gasteiger partial charge >= 0.3 is 177 Å². The van der Waals surface area contributed by atoms with Crippen molar-refractivity contribution in [2.24, 2.45) is 0 Å². The van der Waals surface area contributed by atoms with Gasteiger partial charge in [0.05, 0.1) is 46.4 Å². The molecule has 0 saturated carbocycles. The van der Waals surface area contributed by atoms with Crippen LogP contribution in [-0.4, -0.2) is 121 Å². The van der Waals surface area contributed by atoms with Gasteiger partial charge in [0.25, 0.3) is 0 Å². The fraction of sp³-hybridized carbons (Fsp3) is 0.111. The first-order chi connectivity index (χ1) is 33.3. The van der Waals surface area contributed by atoms with Crippen molar-refractivity contribution in [1.29, 1.82) is 0 Å². The maximum Gasteiger partial charge on any atom is 1.00 e. The summed E-state index contributed by atoms with van der Waals surface area (Å²) in [6, 6.07) is 9.72. The zero-order valence-corrected chi connectivity index (χ0v) is 58.9. The van der Waals surface area contributed by atoms with Gasteiger partial charge in [0.2, 0.25) is 35.7 Å². The first-order valence-electron chi connectivity index (χ1n) is 19.4. The molecule has 0 aliphatic rings. The van der Waals surface area contributed by atoms with E-state index in [1.807, 2.05) is 0 Å². The first kappa shape index (κ1) is 76.9. The van der Waals surface area contributed by atoms with Crippen LogP contribution in [0, 0.1) is 0 Å². The molecule has 42 heteroatoms. The van der Waals surface area contributed by atoms with Gasteiger partial charge in [0.1, 0.15) is 60.7 Å². The monoisotopic (exact) mass is 1250 g/mol. The van der Waals surface area contributed by atoms with Crippen LogP contribution in [0.2, 0.25) is 0 Å². The van der Waals surface area contributed by atoms with E-state index in [4.69, 9.17) is 0 Å². The SMILES string of the molecule is CCNc1nc(Nc2ccc(/C=C/c3ccc(Nc4nc(NCC)nc(Nc5cc(S(=O)(=O)[O-])ccc5S(=O)(=O)[O-])n4)c(S(=O)(=O)[O-])c3)c(S(=O)(=O)[O-])c2)nc(Nc2cc(S(=O)(=O)[O-])ccc2S(=O)(=O)[O-])n1.[Na+].[Na+].[Na+].[Na+].[Na+].[Na+]. The van der Waals surface area contributed by atoms with E-state index in [1.54, 1.807) is 13.8 Å². The topological polar surface area (TPSA) is 493 Å². The first-order valence-corrected chi connectivity index (χ1v) is 27.8. The van der Waals surface area contributed by atoms with Crippen molar-refractivity contribution >= 4 is 131 Å². The van der Waals surface area contributed by atoms with Gasteiger partial charge in [-0.2, -0.15) is 29.9 Å². The van der Waals surface area contributed by atoms with Gasteiger partial charge in [-0.05, 0) is 85.6 Å². The predicted octanol–water partition coefficient (Wildman–Crippen LogP) is -16.5. The summed E-state index contributed by atoms with van der Waals surface area (Å²) >= 11 is 0. The van der Waals surface area contributed by atoms with Crippen molar-refractivity contribution < 1.29 is 255 Å². The molecule has 0 radical (unpaired) electrons. The van der Waals surface area contributed by atoms with Gasteiger partial charge in [0, 0.05) is 18.8 Å². The normalized spacial score (nSPS) is 11.6. The third-order valence-corrected chi connectivity index (χ3v) is 14.2. The molecule has 0 unspecified atom stereocenters. The average molecular weight is 1250 g/mol. The van der Waals surface area contributed by atoms with Gasteiger partial charge in [-0.1, -0.05) is 24.3 Å². The van der Waals surface area contributed by atoms with Crippen molar-refractivity contribution in [3.8, 4) is 0 Å². The molecule has 384 valence electrons. The second kappa shape index (κ2) is 31.2. The van der Waals surface area contributed by atoms with Gasteiger partial charge in [0.15, 0.2) is 0 Å². The van der Waals surface area contributed by atoms with Gasteiger partial charge in [-0.15, -0.1) is 0 Å². The Labute approximate surface area is 579 Å². The third-order valence-electron chi connectivity index (χ3n) is 8.97. The second-order valence-electron chi connectivity index (χ2n) is 14.1. The number of anilines is 10. The molecule has 2 heterocycles. The maximum atomic E-state index is 12.6. The van der Waals surface area contributed by atoms with Crippen LogP contribution in [0.15, 0.2) is 102 Å². The molecule has 30 nitrogen and oxygen atoms in total. The average Bonchev–Trinajstić information content (AvgIpc) is 3.24. The molecule has 78 heavy (non-hydrogen) atoms. The van der Waals surface area contributed by atoms with Crippen molar-refractivity contribution in [1.82, 2.24) is 29.9 Å². The van der Waals surface area contributed by atoms with E-state index in [0.717, 1.165) is 36.4 Å². The number of aromatic nitrogens is 6. The van der Waals surface area contributed by atoms with Crippen LogP contribution >= 0.6 is 0 Å². The van der Waals surface area contributed by atoms with E-state index in [1.165, 1.54) is 12.1 Å². The molecular weight excluding hydrogens is 1220 g/mol. The number of nitrogens with one attached hydrogen (secondary N) is 6. The molecule has 0 bridgehead atoms. The van der Waals surface area contributed by atoms with E-state index in [0.29, 0.717) is 36.4 Å². The van der Waals surface area contributed by atoms with Crippen molar-refractivity contribution in [3.63, 3.8) is 0 Å². The molecular formula is C36H30N12Na6O18S6. The summed E-state index contributed by atoms with van der Waals surface area (Å²) in [7, 11) is -31.6. The van der Waals surface area contributed by atoms with Crippen molar-refractivity contribution in [3.05, 3.63) is 83.9 Å². The van der Waals surface area contributed by atoms with Crippen LogP contribution in [-0.2, 0) is 60.7 Å². The molecule has 0 amide bonds. The summed E-state index contributed by atoms with van der Waals surface area (Å²) in [6.07, 6.45) is 2.19. The summed E-state index contributed by atoms with van der Waals surface area (Å²) in [4.78, 5) is 18.4. The Balaban J connectivity index is 0.00000988. The zero-order valence-electron chi connectivity index (χ0n) is 42.0. The van der Waals surface area contributed by atoms with Crippen LogP contribution in [0.1, 0.15) is 25.0 Å². The standard InChI is InChI=1S/C36H36N12O18S6.6Na/c1-3-37-31-43-33(47-35(45-31)41-25-17-22(67(49,50)51)10-13-27(25)69(55,56)57)39-21-9-8-20(29(16-21)71(61,62)63)7-5-19-6-12-24(30(15-19)72(64,65)66)40-34-44-32(38-4-2)46-36(48-34)42-26-18-23(68(52,53)54)11-14-28(26)70(58,59)60;;;;;;/h5-18H,3-4H2,1-2H3,(H,49,50,51)(H,52,53,54)(H,55,56,57)(H,58,59,60)(H,61,62,63)(H,64,65,66)(H3,37,39,41,43,45,47)(H3,38,40,42,44,46,48);;;;;;/q;6*+1/p-6/b7-5+;;;;;;. The Bertz CT molecular complexity index is 3900. The molecule has 0 atom stereocenters. The molecule has 4 aromatic carbocycles. The molecule has 0 aliphatic heterocycles. The molecule has 0 aliphatic carbocycles. The Morgan fingerprint density at radius 2 is 0.744 bits per heavy atom. The Morgan fingerprint density at radius 3 is 1.12 bits per heavy atom. The van der Waals surface area contributed by atoms with E-state index < -0.39 is 131 Å². The summed E-state index contributed by atoms with van der Waals surface area (Å²) in [6.45, 7) is 3.57. The predicted molar refractivity (Wildman–Crippen MR) is 244 cm³/mol. The fourth-order valence-corrected chi connectivity index (χ4v) is 9.59. The summed E-state index contributed by atoms with van der Waals surface area (Å²) < 4.78 is 217. The number of hydrogen-bond acceptors (Lipinski definition) is 30. The summed E-state index contributed by atoms with van der Waals surface area (Å²) in [5, 5.41) is 15.2. The number of benzene rings is 4. The van der Waals surface area contributed by atoms with Crippen LogP contribution in [0.25, 0.3) is 12.2 Å². The molecule has 6 rings (SSSR count). The number of rotatable bonds is 20. The Morgan fingerprint density at radius 1 is 0.372 bits per heavy atom. The van der Waals surface area contributed by atoms with Crippen LogP contribution in [0.5, 0.6) is 0 Å². The second-order valence-corrected chi connectivity index (χ2v) is 22.2. The van der Waals surface area contributed by atoms with Gasteiger partial charge < -0.3 is 59.2 Å². The smallest absolute Gasteiger partial charge is 0.744 e. The Kier molecular flexibility index (Phi) is 30.7. The van der Waals surface area contributed by atoms with Crippen LogP contribution < -0.4 is 209 Å². The maximum absolute atomic E-state index is 12.6. The summed E-state index contributed by atoms with van der Waals surface area (Å²) in [5.74, 6) is -2.53. The van der Waals surface area contributed by atoms with Crippen LogP contribution in [0.3, 0.4) is 0 Å². The molecule has 6 aromatic rings. The van der Waals surface area contributed by atoms with Crippen molar-refractivity contribution in [2.75, 3.05) is 45.0 Å². The molecule has 6 N–H and O–H groups in total. The molecule has 0 saturated heterocycles. The van der Waals surface area contributed by atoms with Gasteiger partial charge in [-0.3, -0.25) is 0 Å². The third kappa shape index (κ3) is 21.5. The minimum atomic E-state index is -5.38. The number of nitrogens with zero attached hydrogens (tertiary/aromatic N) is 6. The Hall–Kier alpha value is -1.10. The van der Waals surface area contributed by atoms with E-state index in [2.05, 4.69) is 61.8 Å². The van der Waals surface area contributed by atoms with E-state index in [-0.39, 0.29) is 219 Å². The van der Waals surface area contributed by atoms with E-state index >= 15 is 0 Å². The minimum absolute atomic E-state index is 0. The van der Waals surface area contributed by atoms with Crippen LogP contribution in [0.4, 0.5) is 58.4 Å². The largest absolute Gasteiger partial charge is 1.00 e. The molecule has 2 aromatic heterocycles. The van der Waals surface area contributed by atoms with Crippen molar-refractivity contribution in [2.45, 2.75) is 43.2 Å². The summed E-state index contributed by atoms with van der Waals surface area (Å²) in [5.41, 5.74) is -2.42. The number of hydrogen-bond donors (Lipinski definition) is 6. The quantitative estimate of drug-likeness (QED) is 0.0235. The molecule has 0 spiro atoms. The van der Waals surface area contributed by atoms with Gasteiger partial charge in [-0.25, -0.2) is 50.5 Å². The minimum Gasteiger partial charge on any atom is -0.744 e.